The van der Waals surface area contributed by atoms with E-state index < -0.39 is 0 Å². The Morgan fingerprint density at radius 3 is 1.60 bits per heavy atom. The Labute approximate surface area is 155 Å². The van der Waals surface area contributed by atoms with Crippen LogP contribution in [0, 0.1) is 0 Å². The van der Waals surface area contributed by atoms with E-state index >= 15 is 0 Å². The zero-order valence-corrected chi connectivity index (χ0v) is 16.4. The molecule has 1 unspecified atom stereocenters. The molecule has 0 aliphatic rings. The first kappa shape index (κ1) is 23.7. The Morgan fingerprint density at radius 1 is 0.800 bits per heavy atom. The van der Waals surface area contributed by atoms with E-state index in [-0.39, 0.29) is 36.1 Å². The number of hydrogen-bond donors (Lipinski definition) is 1. The highest BCUT2D eigenvalue weighted by Crippen LogP contribution is 2.15. The van der Waals surface area contributed by atoms with Crippen LogP contribution in [0.25, 0.3) is 0 Å². The summed E-state index contributed by atoms with van der Waals surface area (Å²) in [5, 5.41) is -0.168. The Morgan fingerprint density at radius 2 is 1.20 bits per heavy atom. The summed E-state index contributed by atoms with van der Waals surface area (Å²) in [6, 6.07) is 0. The van der Waals surface area contributed by atoms with E-state index in [0.717, 1.165) is 0 Å². The van der Waals surface area contributed by atoms with Crippen LogP contribution in [0.1, 0.15) is 52.9 Å². The third-order valence-electron chi connectivity index (χ3n) is 3.39. The van der Waals surface area contributed by atoms with E-state index in [4.69, 9.17) is 14.2 Å². The third kappa shape index (κ3) is 12.7. The van der Waals surface area contributed by atoms with Crippen molar-refractivity contribution in [3.8, 4) is 0 Å². The van der Waals surface area contributed by atoms with Crippen molar-refractivity contribution < 1.29 is 28.6 Å². The zero-order valence-electron chi connectivity index (χ0n) is 15.5. The quantitative estimate of drug-likeness (QED) is 0.215. The molecule has 0 rings (SSSR count). The van der Waals surface area contributed by atoms with Gasteiger partial charge in [-0.05, 0) is 33.6 Å². The second-order valence-corrected chi connectivity index (χ2v) is 5.92. The smallest absolute Gasteiger partial charge is 0.307 e. The molecular weight excluding hydrogens is 346 g/mol. The highest BCUT2D eigenvalue weighted by atomic mass is 32.1. The molecule has 0 amide bonds. The standard InChI is InChI=1S/C17H31NO6S/c1-4-22-15(19)9-7-8-14(25)18(12-10-16(20)23-5-2)13-11-17(21)24-6-3/h14,25H,4-13H2,1-3H3. The first-order valence-electron chi connectivity index (χ1n) is 8.83. The van der Waals surface area contributed by atoms with E-state index in [1.54, 1.807) is 20.8 Å². The normalized spacial score (nSPS) is 11.9. The summed E-state index contributed by atoms with van der Waals surface area (Å²) < 4.78 is 14.8. The molecule has 0 aliphatic heterocycles. The molecule has 25 heavy (non-hydrogen) atoms. The van der Waals surface area contributed by atoms with Crippen molar-refractivity contribution in [2.24, 2.45) is 0 Å². The molecular formula is C17H31NO6S. The van der Waals surface area contributed by atoms with Crippen LogP contribution >= 0.6 is 12.6 Å². The summed E-state index contributed by atoms with van der Waals surface area (Å²) >= 11 is 4.56. The van der Waals surface area contributed by atoms with E-state index in [1.807, 2.05) is 4.90 Å². The molecule has 0 aromatic rings. The predicted molar refractivity (Wildman–Crippen MR) is 97.3 cm³/mol. The van der Waals surface area contributed by atoms with Crippen molar-refractivity contribution in [3.63, 3.8) is 0 Å². The van der Waals surface area contributed by atoms with Crippen molar-refractivity contribution in [1.82, 2.24) is 4.90 Å². The first-order valence-corrected chi connectivity index (χ1v) is 9.35. The fraction of sp³-hybridized carbons (Fsp3) is 0.824. The van der Waals surface area contributed by atoms with Crippen LogP contribution in [0.4, 0.5) is 0 Å². The molecule has 7 nitrogen and oxygen atoms in total. The van der Waals surface area contributed by atoms with Crippen LogP contribution in [-0.2, 0) is 28.6 Å². The summed E-state index contributed by atoms with van der Waals surface area (Å²) in [5.41, 5.74) is 0. The summed E-state index contributed by atoms with van der Waals surface area (Å²) in [6.45, 7) is 7.20. The number of nitrogens with zero attached hydrogens (tertiary/aromatic N) is 1. The number of esters is 3. The highest BCUT2D eigenvalue weighted by molar-refractivity contribution is 7.80. The van der Waals surface area contributed by atoms with Crippen LogP contribution in [0.2, 0.25) is 0 Å². The van der Waals surface area contributed by atoms with Gasteiger partial charge in [0.05, 0.1) is 38.0 Å². The first-order chi connectivity index (χ1) is 11.9. The van der Waals surface area contributed by atoms with Gasteiger partial charge in [0.1, 0.15) is 0 Å². The fourth-order valence-corrected chi connectivity index (χ4v) is 2.60. The molecule has 146 valence electrons. The number of hydrogen-bond acceptors (Lipinski definition) is 8. The molecule has 0 aromatic heterocycles. The maximum Gasteiger partial charge on any atom is 0.307 e. The molecule has 0 aromatic carbocycles. The van der Waals surface area contributed by atoms with Gasteiger partial charge in [-0.3, -0.25) is 19.3 Å². The minimum atomic E-state index is -0.282. The molecule has 0 aliphatic carbocycles. The lowest BCUT2D eigenvalue weighted by atomic mass is 10.2. The Bertz CT molecular complexity index is 383. The van der Waals surface area contributed by atoms with Gasteiger partial charge in [-0.25, -0.2) is 0 Å². The Hall–Kier alpha value is -1.28. The number of thiol groups is 1. The lowest BCUT2D eigenvalue weighted by Crippen LogP contribution is -2.35. The van der Waals surface area contributed by atoms with E-state index in [9.17, 15) is 14.4 Å². The summed E-state index contributed by atoms with van der Waals surface area (Å²) in [4.78, 5) is 36.4. The molecule has 1 atom stereocenters. The van der Waals surface area contributed by atoms with Gasteiger partial charge in [-0.1, -0.05) is 0 Å². The lowest BCUT2D eigenvalue weighted by Gasteiger charge is -2.27. The number of carbonyl (C=O) groups excluding carboxylic acids is 3. The number of carbonyl (C=O) groups is 3. The maximum absolute atomic E-state index is 11.6. The van der Waals surface area contributed by atoms with Gasteiger partial charge < -0.3 is 14.2 Å². The summed E-state index contributed by atoms with van der Waals surface area (Å²) in [6.07, 6.45) is 2.06. The van der Waals surface area contributed by atoms with Crippen LogP contribution in [-0.4, -0.2) is 61.1 Å². The molecule has 0 radical (unpaired) electrons. The Kier molecular flexibility index (Phi) is 14.2. The third-order valence-corrected chi connectivity index (χ3v) is 3.97. The van der Waals surface area contributed by atoms with Gasteiger partial charge in [0, 0.05) is 19.5 Å². The maximum atomic E-state index is 11.6. The highest BCUT2D eigenvalue weighted by Gasteiger charge is 2.18. The van der Waals surface area contributed by atoms with Gasteiger partial charge in [-0.2, -0.15) is 12.6 Å². The van der Waals surface area contributed by atoms with Gasteiger partial charge in [0.2, 0.25) is 0 Å². The fourth-order valence-electron chi connectivity index (χ4n) is 2.19. The van der Waals surface area contributed by atoms with Gasteiger partial charge >= 0.3 is 17.9 Å². The minimum absolute atomic E-state index is 0.168. The molecule has 0 spiro atoms. The molecule has 8 heteroatoms. The van der Waals surface area contributed by atoms with E-state index in [1.165, 1.54) is 0 Å². The number of ether oxygens (including phenoxy) is 3. The minimum Gasteiger partial charge on any atom is -0.466 e. The van der Waals surface area contributed by atoms with Crippen molar-refractivity contribution in [1.29, 1.82) is 0 Å². The van der Waals surface area contributed by atoms with Crippen LogP contribution < -0.4 is 0 Å². The number of rotatable bonds is 14. The zero-order chi connectivity index (χ0) is 19.1. The molecule has 0 saturated heterocycles. The predicted octanol–water partition coefficient (Wildman–Crippen LogP) is 2.18. The topological polar surface area (TPSA) is 82.1 Å². The molecule has 0 saturated carbocycles. The van der Waals surface area contributed by atoms with Crippen molar-refractivity contribution in [2.45, 2.75) is 58.2 Å². The molecule has 0 heterocycles. The largest absolute Gasteiger partial charge is 0.466 e. The lowest BCUT2D eigenvalue weighted by molar-refractivity contribution is -0.144. The van der Waals surface area contributed by atoms with Crippen molar-refractivity contribution in [2.75, 3.05) is 32.9 Å². The molecule has 0 fully saturated rings. The van der Waals surface area contributed by atoms with Crippen LogP contribution in [0.15, 0.2) is 0 Å². The van der Waals surface area contributed by atoms with Crippen molar-refractivity contribution in [3.05, 3.63) is 0 Å². The Balaban J connectivity index is 4.43. The summed E-state index contributed by atoms with van der Waals surface area (Å²) in [5.74, 6) is -0.793. The second-order valence-electron chi connectivity index (χ2n) is 5.32. The van der Waals surface area contributed by atoms with Gasteiger partial charge in [0.25, 0.3) is 0 Å². The molecule has 0 bridgehead atoms. The average molecular weight is 378 g/mol. The monoisotopic (exact) mass is 377 g/mol. The van der Waals surface area contributed by atoms with Crippen molar-refractivity contribution >= 4 is 30.5 Å². The average Bonchev–Trinajstić information content (AvgIpc) is 2.55. The van der Waals surface area contributed by atoms with Gasteiger partial charge in [-0.15, -0.1) is 0 Å². The SMILES string of the molecule is CCOC(=O)CCCC(S)N(CCC(=O)OCC)CCC(=O)OCC. The van der Waals surface area contributed by atoms with E-state index in [0.29, 0.717) is 52.2 Å². The van der Waals surface area contributed by atoms with Crippen LogP contribution in [0.5, 0.6) is 0 Å². The molecule has 0 N–H and O–H groups in total. The van der Waals surface area contributed by atoms with Crippen LogP contribution in [0.3, 0.4) is 0 Å². The van der Waals surface area contributed by atoms with Gasteiger partial charge in [0.15, 0.2) is 0 Å². The summed E-state index contributed by atoms with van der Waals surface area (Å²) in [7, 11) is 0. The second kappa shape index (κ2) is 15.0. The van der Waals surface area contributed by atoms with E-state index in [2.05, 4.69) is 12.6 Å².